The summed E-state index contributed by atoms with van der Waals surface area (Å²) in [5.74, 6) is -0.761. The van der Waals surface area contributed by atoms with Crippen molar-refractivity contribution in [1.82, 2.24) is 4.90 Å². The number of hydrogen-bond donors (Lipinski definition) is 0. The summed E-state index contributed by atoms with van der Waals surface area (Å²) < 4.78 is 76.7. The number of carbonyl (C=O) groups excluding carboxylic acids is 1. The summed E-state index contributed by atoms with van der Waals surface area (Å²) in [4.78, 5) is 17.0. The zero-order chi connectivity index (χ0) is 26.3. The fraction of sp³-hybridized carbons (Fsp3) is 0.269. The van der Waals surface area contributed by atoms with Crippen LogP contribution in [0, 0.1) is 12.7 Å². The molecule has 0 aromatic heterocycles. The Hall–Kier alpha value is -3.40. The molecule has 3 aromatic carbocycles. The highest BCUT2D eigenvalue weighted by Crippen LogP contribution is 2.32. The molecule has 1 aliphatic rings. The largest absolute Gasteiger partial charge is 0.416 e. The summed E-state index contributed by atoms with van der Waals surface area (Å²) in [5, 5.41) is 0. The van der Waals surface area contributed by atoms with Crippen molar-refractivity contribution in [2.45, 2.75) is 18.0 Å². The predicted octanol–water partition coefficient (Wildman–Crippen LogP) is 5.19. The molecule has 1 heterocycles. The van der Waals surface area contributed by atoms with Crippen LogP contribution in [0.25, 0.3) is 11.1 Å². The van der Waals surface area contributed by atoms with Crippen molar-refractivity contribution in [2.24, 2.45) is 0 Å². The van der Waals surface area contributed by atoms with Crippen LogP contribution < -0.4 is 4.90 Å². The molecule has 4 rings (SSSR count). The van der Waals surface area contributed by atoms with Gasteiger partial charge >= 0.3 is 6.18 Å². The maximum atomic E-state index is 13.8. The van der Waals surface area contributed by atoms with Crippen LogP contribution in [-0.2, 0) is 16.0 Å². The molecule has 1 fully saturated rings. The van der Waals surface area contributed by atoms with Gasteiger partial charge in [-0.1, -0.05) is 12.1 Å². The second-order valence-corrected chi connectivity index (χ2v) is 10.8. The molecule has 1 amide bonds. The van der Waals surface area contributed by atoms with E-state index < -0.39 is 27.4 Å². The van der Waals surface area contributed by atoms with Crippen LogP contribution in [0.2, 0.25) is 0 Å². The Labute approximate surface area is 206 Å². The van der Waals surface area contributed by atoms with E-state index in [4.69, 9.17) is 0 Å². The lowest BCUT2D eigenvalue weighted by Gasteiger charge is -2.36. The number of nitrogens with zero attached hydrogens (tertiary/aromatic N) is 2. The van der Waals surface area contributed by atoms with E-state index in [1.807, 2.05) is 4.90 Å². The second kappa shape index (κ2) is 9.57. The Morgan fingerprint density at radius 1 is 0.889 bits per heavy atom. The molecule has 0 saturated carbocycles. The Kier molecular flexibility index (Phi) is 6.83. The maximum Gasteiger partial charge on any atom is 0.416 e. The molecule has 5 nitrogen and oxygen atoms in total. The first-order chi connectivity index (χ1) is 16.8. The van der Waals surface area contributed by atoms with Gasteiger partial charge in [0.15, 0.2) is 9.84 Å². The Morgan fingerprint density at radius 3 is 2.08 bits per heavy atom. The molecule has 0 aliphatic carbocycles. The molecule has 0 bridgehead atoms. The number of hydrogen-bond acceptors (Lipinski definition) is 4. The first-order valence-corrected chi connectivity index (χ1v) is 13.1. The van der Waals surface area contributed by atoms with Crippen LogP contribution in [0.5, 0.6) is 0 Å². The number of halogens is 4. The van der Waals surface area contributed by atoms with Gasteiger partial charge in [-0.05, 0) is 72.1 Å². The van der Waals surface area contributed by atoms with Crippen molar-refractivity contribution in [3.8, 4) is 11.1 Å². The average Bonchev–Trinajstić information content (AvgIpc) is 2.84. The molecule has 0 atom stereocenters. The van der Waals surface area contributed by atoms with Crippen molar-refractivity contribution >= 4 is 21.4 Å². The van der Waals surface area contributed by atoms with Crippen LogP contribution >= 0.6 is 0 Å². The standard InChI is InChI=1S/C26H24F4N2O3S/c1-17-15-18(3-10-24(17)27)22-9-8-21(36(2,34)35)16-23(22)25(33)32-13-11-31(12-14-32)20-6-4-19(5-7-20)26(28,29)30/h3-10,15-16H,11-14H2,1-2H3. The monoisotopic (exact) mass is 520 g/mol. The summed E-state index contributed by atoms with van der Waals surface area (Å²) in [7, 11) is -3.58. The van der Waals surface area contributed by atoms with Gasteiger partial charge in [-0.25, -0.2) is 12.8 Å². The lowest BCUT2D eigenvalue weighted by molar-refractivity contribution is -0.137. The van der Waals surface area contributed by atoms with Crippen molar-refractivity contribution in [1.29, 1.82) is 0 Å². The van der Waals surface area contributed by atoms with Gasteiger partial charge in [-0.2, -0.15) is 13.2 Å². The molecule has 3 aromatic rings. The van der Waals surface area contributed by atoms with Gasteiger partial charge in [0.1, 0.15) is 5.82 Å². The lowest BCUT2D eigenvalue weighted by Crippen LogP contribution is -2.49. The third-order valence-corrected chi connectivity index (χ3v) is 7.36. The normalized spacial score (nSPS) is 14.7. The number of carbonyl (C=O) groups is 1. The molecule has 1 saturated heterocycles. The first kappa shape index (κ1) is 25.7. The van der Waals surface area contributed by atoms with Crippen LogP contribution in [0.3, 0.4) is 0 Å². The lowest BCUT2D eigenvalue weighted by atomic mass is 9.97. The van der Waals surface area contributed by atoms with Gasteiger partial charge in [-0.3, -0.25) is 4.79 Å². The summed E-state index contributed by atoms with van der Waals surface area (Å²) in [6.07, 6.45) is -3.36. The molecule has 0 spiro atoms. The molecule has 0 radical (unpaired) electrons. The minimum atomic E-state index is -4.41. The number of anilines is 1. The molecule has 0 unspecified atom stereocenters. The quantitative estimate of drug-likeness (QED) is 0.445. The van der Waals surface area contributed by atoms with E-state index >= 15 is 0 Å². The van der Waals surface area contributed by atoms with Gasteiger partial charge in [0.05, 0.1) is 10.5 Å². The number of piperazine rings is 1. The SMILES string of the molecule is Cc1cc(-c2ccc(S(C)(=O)=O)cc2C(=O)N2CCN(c3ccc(C(F)(F)F)cc3)CC2)ccc1F. The third-order valence-electron chi connectivity index (χ3n) is 6.25. The second-order valence-electron chi connectivity index (χ2n) is 8.77. The van der Waals surface area contributed by atoms with Gasteiger partial charge in [-0.15, -0.1) is 0 Å². The highest BCUT2D eigenvalue weighted by Gasteiger charge is 2.31. The molecule has 10 heteroatoms. The Morgan fingerprint density at radius 2 is 1.53 bits per heavy atom. The Balaban J connectivity index is 1.59. The van der Waals surface area contributed by atoms with E-state index in [9.17, 15) is 30.8 Å². The van der Waals surface area contributed by atoms with E-state index in [0.29, 0.717) is 48.6 Å². The fourth-order valence-electron chi connectivity index (χ4n) is 4.19. The number of sulfone groups is 1. The topological polar surface area (TPSA) is 57.7 Å². The summed E-state index contributed by atoms with van der Waals surface area (Å²) >= 11 is 0. The smallest absolute Gasteiger partial charge is 0.368 e. The Bertz CT molecular complexity index is 1400. The highest BCUT2D eigenvalue weighted by molar-refractivity contribution is 7.90. The first-order valence-electron chi connectivity index (χ1n) is 11.2. The van der Waals surface area contributed by atoms with Crippen molar-refractivity contribution in [3.63, 3.8) is 0 Å². The minimum absolute atomic E-state index is 0.00294. The molecule has 0 N–H and O–H groups in total. The molecule has 36 heavy (non-hydrogen) atoms. The van der Waals surface area contributed by atoms with Crippen molar-refractivity contribution in [2.75, 3.05) is 37.3 Å². The van der Waals surface area contributed by atoms with Crippen LogP contribution in [0.1, 0.15) is 21.5 Å². The molecule has 190 valence electrons. The summed E-state index contributed by atoms with van der Waals surface area (Å²) in [6, 6.07) is 13.6. The number of alkyl halides is 3. The zero-order valence-corrected chi connectivity index (χ0v) is 20.5. The summed E-state index contributed by atoms with van der Waals surface area (Å²) in [6.45, 7) is 2.99. The molecular weight excluding hydrogens is 496 g/mol. The molecular formula is C26H24F4N2O3S. The van der Waals surface area contributed by atoms with Crippen molar-refractivity contribution in [3.05, 3.63) is 83.2 Å². The maximum absolute atomic E-state index is 13.8. The third kappa shape index (κ3) is 5.38. The van der Waals surface area contributed by atoms with Crippen molar-refractivity contribution < 1.29 is 30.8 Å². The zero-order valence-electron chi connectivity index (χ0n) is 19.6. The number of rotatable bonds is 4. The van der Waals surface area contributed by atoms with E-state index in [-0.39, 0.29) is 16.4 Å². The summed E-state index contributed by atoms with van der Waals surface area (Å²) in [5.41, 5.74) is 1.54. The van der Waals surface area contributed by atoms with Gasteiger partial charge in [0.2, 0.25) is 0 Å². The van der Waals surface area contributed by atoms with Gasteiger partial charge in [0, 0.05) is 43.7 Å². The molecule has 1 aliphatic heterocycles. The minimum Gasteiger partial charge on any atom is -0.368 e. The fourth-order valence-corrected chi connectivity index (χ4v) is 4.84. The van der Waals surface area contributed by atoms with Crippen LogP contribution in [-0.4, -0.2) is 51.7 Å². The van der Waals surface area contributed by atoms with E-state index in [2.05, 4.69) is 0 Å². The van der Waals surface area contributed by atoms with Gasteiger partial charge < -0.3 is 9.80 Å². The van der Waals surface area contributed by atoms with E-state index in [1.54, 1.807) is 24.0 Å². The van der Waals surface area contributed by atoms with E-state index in [1.165, 1.54) is 36.4 Å². The van der Waals surface area contributed by atoms with E-state index in [0.717, 1.165) is 18.4 Å². The number of benzene rings is 3. The number of aryl methyl sites for hydroxylation is 1. The van der Waals surface area contributed by atoms with Crippen LogP contribution in [0.15, 0.2) is 65.6 Å². The average molecular weight is 521 g/mol. The highest BCUT2D eigenvalue weighted by atomic mass is 32.2. The van der Waals surface area contributed by atoms with Crippen LogP contribution in [0.4, 0.5) is 23.2 Å². The predicted molar refractivity (Wildman–Crippen MR) is 129 cm³/mol. The van der Waals surface area contributed by atoms with Gasteiger partial charge in [0.25, 0.3) is 5.91 Å². The number of amides is 1.